The fourth-order valence-electron chi connectivity index (χ4n) is 3.39. The van der Waals surface area contributed by atoms with Gasteiger partial charge in [-0.05, 0) is 31.0 Å². The summed E-state index contributed by atoms with van der Waals surface area (Å²) in [5, 5.41) is 7.01. The van der Waals surface area contributed by atoms with Gasteiger partial charge in [-0.15, -0.1) is 0 Å². The molecule has 1 aromatic carbocycles. The number of nitrogens with zero attached hydrogens (tertiary/aromatic N) is 3. The van der Waals surface area contributed by atoms with Crippen molar-refractivity contribution in [3.63, 3.8) is 0 Å². The molecule has 1 aliphatic heterocycles. The second kappa shape index (κ2) is 8.08. The first-order valence-corrected chi connectivity index (χ1v) is 9.25. The van der Waals surface area contributed by atoms with Crippen LogP contribution in [0.3, 0.4) is 0 Å². The molecule has 4 rings (SSSR count). The van der Waals surface area contributed by atoms with E-state index in [0.29, 0.717) is 25.4 Å². The van der Waals surface area contributed by atoms with Gasteiger partial charge in [-0.2, -0.15) is 5.10 Å². The maximum atomic E-state index is 12.8. The summed E-state index contributed by atoms with van der Waals surface area (Å²) in [6.45, 7) is 1.50. The van der Waals surface area contributed by atoms with Crippen molar-refractivity contribution in [3.05, 3.63) is 76.2 Å². The van der Waals surface area contributed by atoms with E-state index in [1.165, 1.54) is 12.4 Å². The van der Waals surface area contributed by atoms with Gasteiger partial charge in [-0.1, -0.05) is 18.2 Å². The number of para-hydroxylation sites is 1. The van der Waals surface area contributed by atoms with E-state index in [0.717, 1.165) is 30.0 Å². The Labute approximate surface area is 161 Å². The Morgan fingerprint density at radius 2 is 2.11 bits per heavy atom. The molecule has 0 bridgehead atoms. The van der Waals surface area contributed by atoms with Gasteiger partial charge in [-0.25, -0.2) is 4.98 Å². The lowest BCUT2D eigenvalue weighted by Gasteiger charge is -2.31. The van der Waals surface area contributed by atoms with Crippen molar-refractivity contribution >= 4 is 5.91 Å². The van der Waals surface area contributed by atoms with Crippen LogP contribution in [0.4, 0.5) is 0 Å². The third-order valence-electron chi connectivity index (χ3n) is 4.81. The zero-order valence-electron chi connectivity index (χ0n) is 15.3. The van der Waals surface area contributed by atoms with Gasteiger partial charge < -0.3 is 14.6 Å². The second-order valence-corrected chi connectivity index (χ2v) is 6.81. The Balaban J connectivity index is 1.40. The van der Waals surface area contributed by atoms with E-state index < -0.39 is 0 Å². The first-order chi connectivity index (χ1) is 13.7. The molecule has 0 unspecified atom stereocenters. The molecule has 1 atom stereocenters. The average molecular weight is 379 g/mol. The molecule has 2 aromatic heterocycles. The van der Waals surface area contributed by atoms with Crippen LogP contribution in [0.5, 0.6) is 5.75 Å². The number of hydrogen-bond acceptors (Lipinski definition) is 5. The van der Waals surface area contributed by atoms with Crippen LogP contribution in [0.2, 0.25) is 0 Å². The summed E-state index contributed by atoms with van der Waals surface area (Å²) < 4.78 is 5.68. The Kier molecular flexibility index (Phi) is 5.18. The van der Waals surface area contributed by atoms with Crippen molar-refractivity contribution in [2.24, 2.45) is 0 Å². The van der Waals surface area contributed by atoms with Crippen molar-refractivity contribution in [2.75, 3.05) is 13.1 Å². The summed E-state index contributed by atoms with van der Waals surface area (Å²) in [6.07, 6.45) is 3.17. The number of nitrogens with one attached hydrogen (secondary N) is 2. The average Bonchev–Trinajstić information content (AvgIpc) is 3.22. The van der Waals surface area contributed by atoms with Crippen LogP contribution in [0.25, 0.3) is 0 Å². The zero-order chi connectivity index (χ0) is 19.3. The molecule has 1 aliphatic rings. The van der Waals surface area contributed by atoms with Gasteiger partial charge in [0.2, 0.25) is 0 Å². The van der Waals surface area contributed by atoms with Gasteiger partial charge in [0.1, 0.15) is 12.4 Å². The normalized spacial score (nSPS) is 16.7. The van der Waals surface area contributed by atoms with E-state index >= 15 is 0 Å². The predicted molar refractivity (Wildman–Crippen MR) is 102 cm³/mol. The molecule has 0 radical (unpaired) electrons. The molecule has 3 aromatic rings. The van der Waals surface area contributed by atoms with E-state index in [4.69, 9.17) is 4.74 Å². The third-order valence-corrected chi connectivity index (χ3v) is 4.81. The minimum Gasteiger partial charge on any atom is -0.487 e. The van der Waals surface area contributed by atoms with Crippen LogP contribution in [0.1, 0.15) is 40.6 Å². The number of H-pyrrole nitrogens is 2. The number of ether oxygens (including phenoxy) is 1. The summed E-state index contributed by atoms with van der Waals surface area (Å²) >= 11 is 0. The monoisotopic (exact) mass is 379 g/mol. The Bertz CT molecular complexity index is 998. The number of carbonyl (C=O) groups excluding carboxylic acids is 1. The van der Waals surface area contributed by atoms with E-state index in [1.54, 1.807) is 11.0 Å². The van der Waals surface area contributed by atoms with Crippen molar-refractivity contribution < 1.29 is 9.53 Å². The largest absolute Gasteiger partial charge is 0.487 e. The molecule has 3 heterocycles. The van der Waals surface area contributed by atoms with Crippen LogP contribution in [0.15, 0.2) is 53.6 Å². The number of benzene rings is 1. The first kappa shape index (κ1) is 18.0. The lowest BCUT2D eigenvalue weighted by atomic mass is 9.94. The molecule has 8 nitrogen and oxygen atoms in total. The fraction of sp³-hybridized carbons (Fsp3) is 0.300. The summed E-state index contributed by atoms with van der Waals surface area (Å²) in [6, 6.07) is 12.7. The number of carbonyl (C=O) groups is 1. The molecule has 28 heavy (non-hydrogen) atoms. The van der Waals surface area contributed by atoms with Crippen LogP contribution in [0, 0.1) is 0 Å². The molecule has 8 heteroatoms. The zero-order valence-corrected chi connectivity index (χ0v) is 15.3. The minimum absolute atomic E-state index is 0.0554. The maximum absolute atomic E-state index is 12.8. The molecule has 0 spiro atoms. The molecule has 1 fully saturated rings. The van der Waals surface area contributed by atoms with Crippen molar-refractivity contribution in [2.45, 2.75) is 25.4 Å². The van der Waals surface area contributed by atoms with Gasteiger partial charge in [-0.3, -0.25) is 14.7 Å². The summed E-state index contributed by atoms with van der Waals surface area (Å²) in [5.74, 6) is 0.686. The number of hydrogen-bond donors (Lipinski definition) is 2. The highest BCUT2D eigenvalue weighted by molar-refractivity contribution is 5.92. The van der Waals surface area contributed by atoms with Crippen LogP contribution in [-0.2, 0) is 6.61 Å². The number of aromatic amines is 2. The summed E-state index contributed by atoms with van der Waals surface area (Å²) in [7, 11) is 0. The number of piperidine rings is 1. The predicted octanol–water partition coefficient (Wildman–Crippen LogP) is 2.09. The van der Waals surface area contributed by atoms with Gasteiger partial charge in [0.15, 0.2) is 5.69 Å². The second-order valence-electron chi connectivity index (χ2n) is 6.81. The summed E-state index contributed by atoms with van der Waals surface area (Å²) in [5.41, 5.74) is 1.65. The molecule has 2 N–H and O–H groups in total. The highest BCUT2D eigenvalue weighted by atomic mass is 16.5. The van der Waals surface area contributed by atoms with Crippen molar-refractivity contribution in [1.82, 2.24) is 25.1 Å². The molecular weight excluding hydrogens is 358 g/mol. The Morgan fingerprint density at radius 3 is 2.93 bits per heavy atom. The van der Waals surface area contributed by atoms with Crippen LogP contribution >= 0.6 is 0 Å². The minimum atomic E-state index is -0.177. The van der Waals surface area contributed by atoms with Crippen molar-refractivity contribution in [1.29, 1.82) is 0 Å². The fourth-order valence-corrected chi connectivity index (χ4v) is 3.39. The quantitative estimate of drug-likeness (QED) is 0.706. The number of likely N-dealkylation sites (tertiary alicyclic amines) is 1. The topological polar surface area (TPSA) is 104 Å². The molecular formula is C20H21N5O3. The van der Waals surface area contributed by atoms with Gasteiger partial charge in [0.05, 0.1) is 17.7 Å². The molecule has 144 valence electrons. The lowest BCUT2D eigenvalue weighted by Crippen LogP contribution is -2.39. The van der Waals surface area contributed by atoms with Crippen molar-refractivity contribution in [3.8, 4) is 5.75 Å². The van der Waals surface area contributed by atoms with Gasteiger partial charge in [0, 0.05) is 25.1 Å². The van der Waals surface area contributed by atoms with Gasteiger partial charge in [0.25, 0.3) is 11.5 Å². The smallest absolute Gasteiger partial charge is 0.274 e. The molecule has 1 amide bonds. The van der Waals surface area contributed by atoms with E-state index in [-0.39, 0.29) is 17.4 Å². The van der Waals surface area contributed by atoms with Crippen LogP contribution in [-0.4, -0.2) is 44.1 Å². The molecule has 1 saturated heterocycles. The van der Waals surface area contributed by atoms with E-state index in [9.17, 15) is 9.59 Å². The highest BCUT2D eigenvalue weighted by Gasteiger charge is 2.27. The van der Waals surface area contributed by atoms with E-state index in [1.807, 2.05) is 30.3 Å². The highest BCUT2D eigenvalue weighted by Crippen LogP contribution is 2.25. The number of rotatable bonds is 5. The van der Waals surface area contributed by atoms with E-state index in [2.05, 4.69) is 20.2 Å². The van der Waals surface area contributed by atoms with Gasteiger partial charge >= 0.3 is 0 Å². The standard InChI is InChI=1S/C20H21N5O3/c26-19-10-17(21-13-22-19)14-5-4-8-25(11-14)20(27)18-9-15(23-24-18)12-28-16-6-2-1-3-7-16/h1-3,6-7,9-10,13-14H,4-5,8,11-12H2,(H,23,24)(H,21,22,26)/t14-/m0/s1. The Morgan fingerprint density at radius 1 is 1.25 bits per heavy atom. The first-order valence-electron chi connectivity index (χ1n) is 9.25. The SMILES string of the molecule is O=C(c1cc(COc2ccccc2)[nH]n1)N1CCC[C@H](c2cc(=O)[nH]cn2)C1. The third kappa shape index (κ3) is 4.11. The van der Waals surface area contributed by atoms with Crippen LogP contribution < -0.4 is 10.3 Å². The maximum Gasteiger partial charge on any atom is 0.274 e. The lowest BCUT2D eigenvalue weighted by molar-refractivity contribution is 0.0700. The molecule has 0 saturated carbocycles. The number of aromatic nitrogens is 4. The number of amides is 1. The summed E-state index contributed by atoms with van der Waals surface area (Å²) in [4.78, 5) is 32.9. The Hall–Kier alpha value is -3.42. The molecule has 0 aliphatic carbocycles.